The Morgan fingerprint density at radius 1 is 1.24 bits per heavy atom. The van der Waals surface area contributed by atoms with E-state index in [-0.39, 0.29) is 28.7 Å². The van der Waals surface area contributed by atoms with Gasteiger partial charge in [-0.3, -0.25) is 4.79 Å². The summed E-state index contributed by atoms with van der Waals surface area (Å²) in [7, 11) is -3.16. The van der Waals surface area contributed by atoms with E-state index in [1.54, 1.807) is 23.1 Å². The molecule has 0 saturated carbocycles. The van der Waals surface area contributed by atoms with Crippen LogP contribution in [0, 0.1) is 6.92 Å². The van der Waals surface area contributed by atoms with Crippen LogP contribution in [0.1, 0.15) is 12.5 Å². The highest BCUT2D eigenvalue weighted by atomic mass is 35.5. The van der Waals surface area contributed by atoms with E-state index in [9.17, 15) is 13.2 Å². The number of aryl methyl sites for hydroxylation is 1. The first-order valence-corrected chi connectivity index (χ1v) is 12.1. The predicted octanol–water partition coefficient (Wildman–Crippen LogP) is 4.06. The lowest BCUT2D eigenvalue weighted by atomic mass is 10.2. The molecule has 4 rings (SSSR count). The molecule has 2 aromatic carbocycles. The molecule has 0 N–H and O–H groups in total. The van der Waals surface area contributed by atoms with Crippen molar-refractivity contribution in [2.45, 2.75) is 25.1 Å². The molecule has 0 aliphatic carbocycles. The highest BCUT2D eigenvalue weighted by Crippen LogP contribution is 2.45. The number of nitrogens with zero attached hydrogens (tertiary/aromatic N) is 2. The fourth-order valence-corrected chi connectivity index (χ4v) is 7.67. The third-order valence-corrected chi connectivity index (χ3v) is 8.16. The number of hydrogen-bond donors (Lipinski definition) is 0. The number of carbonyl (C=O) groups is 1. The van der Waals surface area contributed by atoms with Crippen molar-refractivity contribution in [3.05, 3.63) is 53.1 Å². The fourth-order valence-electron chi connectivity index (χ4n) is 3.55. The maximum absolute atomic E-state index is 12.2. The first-order valence-electron chi connectivity index (χ1n) is 9.01. The highest BCUT2D eigenvalue weighted by Gasteiger charge is 2.50. The lowest BCUT2D eigenvalue weighted by Crippen LogP contribution is -2.37. The van der Waals surface area contributed by atoms with Crippen molar-refractivity contribution in [1.29, 1.82) is 0 Å². The lowest BCUT2D eigenvalue weighted by molar-refractivity contribution is -0.115. The number of amidine groups is 1. The van der Waals surface area contributed by atoms with Gasteiger partial charge in [-0.25, -0.2) is 8.42 Å². The quantitative estimate of drug-likeness (QED) is 0.701. The molecule has 6 nitrogen and oxygen atoms in total. The summed E-state index contributed by atoms with van der Waals surface area (Å²) in [5, 5.41) is 0.760. The largest absolute Gasteiger partial charge is 0.455 e. The average molecular weight is 451 g/mol. The summed E-state index contributed by atoms with van der Waals surface area (Å²) < 4.78 is 30.6. The van der Waals surface area contributed by atoms with Crippen LogP contribution in [0.5, 0.6) is 11.5 Å². The van der Waals surface area contributed by atoms with Gasteiger partial charge in [0.1, 0.15) is 5.75 Å². The Labute approximate surface area is 178 Å². The number of rotatable bonds is 3. The second kappa shape index (κ2) is 7.66. The molecule has 2 aromatic rings. The molecule has 29 heavy (non-hydrogen) atoms. The fraction of sp³-hybridized carbons (Fsp3) is 0.300. The van der Waals surface area contributed by atoms with Crippen molar-refractivity contribution in [2.24, 2.45) is 4.99 Å². The minimum Gasteiger partial charge on any atom is -0.455 e. The topological polar surface area (TPSA) is 76.0 Å². The number of thioether (sulfide) groups is 1. The molecule has 0 unspecified atom stereocenters. The van der Waals surface area contributed by atoms with Gasteiger partial charge in [-0.15, -0.1) is 0 Å². The van der Waals surface area contributed by atoms with Crippen LogP contribution in [0.15, 0.2) is 47.5 Å². The Morgan fingerprint density at radius 2 is 2.03 bits per heavy atom. The molecule has 2 heterocycles. The second-order valence-electron chi connectivity index (χ2n) is 7.11. The zero-order chi connectivity index (χ0) is 20.8. The molecular formula is C20H19ClN2O4S2. The van der Waals surface area contributed by atoms with E-state index in [0.717, 1.165) is 5.56 Å². The van der Waals surface area contributed by atoms with E-state index in [1.165, 1.54) is 18.7 Å². The van der Waals surface area contributed by atoms with Gasteiger partial charge in [0.25, 0.3) is 0 Å². The van der Waals surface area contributed by atoms with Crippen molar-refractivity contribution in [2.75, 3.05) is 16.4 Å². The summed E-state index contributed by atoms with van der Waals surface area (Å²) in [5.74, 6) is 0.883. The minimum absolute atomic E-state index is 0.00199. The first-order chi connectivity index (χ1) is 13.7. The van der Waals surface area contributed by atoms with E-state index in [0.29, 0.717) is 27.4 Å². The molecule has 0 bridgehead atoms. The summed E-state index contributed by atoms with van der Waals surface area (Å²) >= 11 is 7.58. The Bertz CT molecular complexity index is 1120. The van der Waals surface area contributed by atoms with E-state index < -0.39 is 9.84 Å². The van der Waals surface area contributed by atoms with Gasteiger partial charge in [0, 0.05) is 17.2 Å². The van der Waals surface area contributed by atoms with Crippen LogP contribution < -0.4 is 9.64 Å². The molecule has 152 valence electrons. The molecule has 0 spiro atoms. The molecule has 9 heteroatoms. The molecule has 2 aliphatic heterocycles. The maximum Gasteiger partial charge on any atom is 0.244 e. The smallest absolute Gasteiger partial charge is 0.244 e. The van der Waals surface area contributed by atoms with E-state index in [1.807, 2.05) is 31.2 Å². The molecule has 0 aromatic heterocycles. The van der Waals surface area contributed by atoms with Crippen LogP contribution in [0.25, 0.3) is 0 Å². The Balaban J connectivity index is 1.80. The Hall–Kier alpha value is -2.03. The van der Waals surface area contributed by atoms with E-state index in [4.69, 9.17) is 16.3 Å². The number of anilines is 1. The molecule has 0 radical (unpaired) electrons. The van der Waals surface area contributed by atoms with Gasteiger partial charge < -0.3 is 9.64 Å². The summed E-state index contributed by atoms with van der Waals surface area (Å²) in [6.45, 7) is 3.34. The number of ether oxygens (including phenoxy) is 1. The number of aliphatic imine (C=N–C) groups is 1. The number of amides is 1. The SMILES string of the molecule is CC(=O)N=C1S[C@H]2CS(=O)(=O)C[C@@H]2N1c1cc(Cl)ccc1Oc1cccc(C)c1. The molecule has 2 aliphatic rings. The molecule has 2 saturated heterocycles. The van der Waals surface area contributed by atoms with Crippen LogP contribution in [-0.4, -0.2) is 42.3 Å². The number of benzene rings is 2. The molecule has 1 amide bonds. The standard InChI is InChI=1S/C20H19ClN2O4S2/c1-12-4-3-5-15(8-12)27-18-7-6-14(21)9-16(18)23-17-10-29(25,26)11-19(17)28-20(23)22-13(2)24/h3-9,17,19H,10-11H2,1-2H3/t17-,19-/m0/s1. The third kappa shape index (κ3) is 4.29. The third-order valence-electron chi connectivity index (χ3n) is 4.72. The van der Waals surface area contributed by atoms with Crippen LogP contribution in [0.2, 0.25) is 5.02 Å². The van der Waals surface area contributed by atoms with E-state index in [2.05, 4.69) is 4.99 Å². The predicted molar refractivity (Wildman–Crippen MR) is 117 cm³/mol. The van der Waals surface area contributed by atoms with Gasteiger partial charge in [-0.1, -0.05) is 35.5 Å². The summed E-state index contributed by atoms with van der Waals surface area (Å²) in [6, 6.07) is 12.5. The second-order valence-corrected chi connectivity index (χ2v) is 10.9. The molecular weight excluding hydrogens is 432 g/mol. The summed E-state index contributed by atoms with van der Waals surface area (Å²) in [5.41, 5.74) is 1.65. The van der Waals surface area contributed by atoms with Crippen molar-refractivity contribution < 1.29 is 17.9 Å². The van der Waals surface area contributed by atoms with Gasteiger partial charge in [0.05, 0.1) is 23.2 Å². The van der Waals surface area contributed by atoms with Crippen molar-refractivity contribution in [3.8, 4) is 11.5 Å². The van der Waals surface area contributed by atoms with Crippen molar-refractivity contribution in [3.63, 3.8) is 0 Å². The zero-order valence-electron chi connectivity index (χ0n) is 15.8. The van der Waals surface area contributed by atoms with Gasteiger partial charge in [-0.2, -0.15) is 4.99 Å². The number of sulfone groups is 1. The summed E-state index contributed by atoms with van der Waals surface area (Å²) in [6.07, 6.45) is 0. The van der Waals surface area contributed by atoms with Gasteiger partial charge >= 0.3 is 0 Å². The van der Waals surface area contributed by atoms with Crippen molar-refractivity contribution in [1.82, 2.24) is 0 Å². The van der Waals surface area contributed by atoms with Crippen molar-refractivity contribution >= 4 is 50.0 Å². The Kier molecular flexibility index (Phi) is 5.35. The maximum atomic E-state index is 12.2. The van der Waals surface area contributed by atoms with Crippen LogP contribution in [0.3, 0.4) is 0 Å². The van der Waals surface area contributed by atoms with E-state index >= 15 is 0 Å². The number of carbonyl (C=O) groups excluding carboxylic acids is 1. The molecule has 2 atom stereocenters. The van der Waals surface area contributed by atoms with Crippen LogP contribution in [0.4, 0.5) is 5.69 Å². The number of hydrogen-bond acceptors (Lipinski definition) is 5. The number of fused-ring (bicyclic) bond motifs is 1. The Morgan fingerprint density at radius 3 is 2.76 bits per heavy atom. The van der Waals surface area contributed by atoms with Crippen LogP contribution in [-0.2, 0) is 14.6 Å². The van der Waals surface area contributed by atoms with Gasteiger partial charge in [-0.05, 0) is 42.8 Å². The normalized spacial score (nSPS) is 24.0. The first kappa shape index (κ1) is 20.3. The van der Waals surface area contributed by atoms with Gasteiger partial charge in [0.2, 0.25) is 5.91 Å². The number of halogens is 1. The van der Waals surface area contributed by atoms with Crippen LogP contribution >= 0.6 is 23.4 Å². The minimum atomic E-state index is -3.16. The van der Waals surface area contributed by atoms with Gasteiger partial charge in [0.15, 0.2) is 20.8 Å². The zero-order valence-corrected chi connectivity index (χ0v) is 18.2. The molecule has 2 fully saturated rings. The monoisotopic (exact) mass is 450 g/mol. The lowest BCUT2D eigenvalue weighted by Gasteiger charge is -2.26. The average Bonchev–Trinajstić information content (AvgIpc) is 3.07. The summed E-state index contributed by atoms with van der Waals surface area (Å²) in [4.78, 5) is 17.6. The highest BCUT2D eigenvalue weighted by molar-refractivity contribution is 8.16.